The van der Waals surface area contributed by atoms with Crippen molar-refractivity contribution in [1.29, 1.82) is 0 Å². The minimum Gasteiger partial charge on any atom is -0.395 e. The summed E-state index contributed by atoms with van der Waals surface area (Å²) in [5, 5.41) is 9.37. The monoisotopic (exact) mass is 189 g/mol. The Bertz CT molecular complexity index is 128. The summed E-state index contributed by atoms with van der Waals surface area (Å²) in [6.07, 6.45) is 3.70. The van der Waals surface area contributed by atoms with Crippen molar-refractivity contribution in [3.05, 3.63) is 0 Å². The predicted octanol–water partition coefficient (Wildman–Crippen LogP) is 1.23. The molecule has 0 spiro atoms. The van der Waals surface area contributed by atoms with E-state index >= 15 is 0 Å². The van der Waals surface area contributed by atoms with Gasteiger partial charge in [-0.2, -0.15) is 11.8 Å². The quantitative estimate of drug-likeness (QED) is 0.660. The molecule has 1 aliphatic rings. The SMILES string of the molecule is CCCSC(CO)C(N)C1CC1. The van der Waals surface area contributed by atoms with Gasteiger partial charge in [-0.1, -0.05) is 6.92 Å². The van der Waals surface area contributed by atoms with Gasteiger partial charge in [-0.15, -0.1) is 0 Å². The number of hydrogen-bond acceptors (Lipinski definition) is 3. The minimum atomic E-state index is 0.228. The van der Waals surface area contributed by atoms with Crippen LogP contribution < -0.4 is 5.73 Å². The first-order valence-electron chi connectivity index (χ1n) is 4.77. The van der Waals surface area contributed by atoms with Crippen LogP contribution in [0.4, 0.5) is 0 Å². The lowest BCUT2D eigenvalue weighted by Gasteiger charge is -2.20. The molecule has 0 saturated heterocycles. The first kappa shape index (κ1) is 10.4. The number of hydrogen-bond donors (Lipinski definition) is 2. The van der Waals surface area contributed by atoms with Crippen LogP contribution in [-0.2, 0) is 0 Å². The summed E-state index contributed by atoms with van der Waals surface area (Å²) in [5.41, 5.74) is 5.99. The van der Waals surface area contributed by atoms with Crippen LogP contribution in [-0.4, -0.2) is 28.8 Å². The number of aliphatic hydroxyl groups is 1. The van der Waals surface area contributed by atoms with Crippen molar-refractivity contribution in [3.8, 4) is 0 Å². The Morgan fingerprint density at radius 2 is 2.25 bits per heavy atom. The Kier molecular flexibility index (Phi) is 4.40. The van der Waals surface area contributed by atoms with E-state index in [1.54, 1.807) is 0 Å². The molecule has 0 bridgehead atoms. The van der Waals surface area contributed by atoms with Crippen LogP contribution in [0, 0.1) is 5.92 Å². The lowest BCUT2D eigenvalue weighted by atomic mass is 10.1. The van der Waals surface area contributed by atoms with Gasteiger partial charge in [-0.05, 0) is 30.9 Å². The molecular weight excluding hydrogens is 170 g/mol. The van der Waals surface area contributed by atoms with E-state index < -0.39 is 0 Å². The molecule has 1 aliphatic carbocycles. The highest BCUT2D eigenvalue weighted by molar-refractivity contribution is 7.99. The predicted molar refractivity (Wildman–Crippen MR) is 54.3 cm³/mol. The third kappa shape index (κ3) is 2.96. The summed E-state index contributed by atoms with van der Waals surface area (Å²) in [6, 6.07) is 0.228. The van der Waals surface area contributed by atoms with Gasteiger partial charge in [0.05, 0.1) is 6.61 Å². The third-order valence-corrected chi connectivity index (χ3v) is 3.85. The molecule has 1 fully saturated rings. The fraction of sp³-hybridized carbons (Fsp3) is 1.00. The van der Waals surface area contributed by atoms with Gasteiger partial charge in [0.1, 0.15) is 0 Å². The third-order valence-electron chi connectivity index (χ3n) is 2.31. The van der Waals surface area contributed by atoms with Crippen molar-refractivity contribution >= 4 is 11.8 Å². The van der Waals surface area contributed by atoms with Gasteiger partial charge in [0.15, 0.2) is 0 Å². The smallest absolute Gasteiger partial charge is 0.0565 e. The Hall–Kier alpha value is 0.270. The largest absolute Gasteiger partial charge is 0.395 e. The van der Waals surface area contributed by atoms with Gasteiger partial charge in [0.25, 0.3) is 0 Å². The molecule has 1 saturated carbocycles. The fourth-order valence-corrected chi connectivity index (χ4v) is 2.43. The second-order valence-corrected chi connectivity index (χ2v) is 4.85. The molecule has 0 aromatic heterocycles. The van der Waals surface area contributed by atoms with Crippen LogP contribution in [0.5, 0.6) is 0 Å². The van der Waals surface area contributed by atoms with Gasteiger partial charge in [-0.25, -0.2) is 0 Å². The molecule has 0 amide bonds. The van der Waals surface area contributed by atoms with Crippen LogP contribution in [0.1, 0.15) is 26.2 Å². The highest BCUT2D eigenvalue weighted by Gasteiger charge is 2.33. The topological polar surface area (TPSA) is 46.2 Å². The molecule has 2 unspecified atom stereocenters. The maximum atomic E-state index is 9.10. The molecule has 1 rings (SSSR count). The van der Waals surface area contributed by atoms with Gasteiger partial charge >= 0.3 is 0 Å². The first-order chi connectivity index (χ1) is 5.79. The summed E-state index contributed by atoms with van der Waals surface area (Å²) in [6.45, 7) is 2.40. The van der Waals surface area contributed by atoms with Crippen molar-refractivity contribution in [2.24, 2.45) is 11.7 Å². The standard InChI is InChI=1S/C9H19NOS/c1-2-5-12-8(6-11)9(10)7-3-4-7/h7-9,11H,2-6,10H2,1H3. The van der Waals surface area contributed by atoms with Crippen molar-refractivity contribution in [2.45, 2.75) is 37.5 Å². The van der Waals surface area contributed by atoms with E-state index in [4.69, 9.17) is 10.8 Å². The highest BCUT2D eigenvalue weighted by Crippen LogP contribution is 2.35. The second kappa shape index (κ2) is 5.10. The van der Waals surface area contributed by atoms with Crippen LogP contribution in [0.2, 0.25) is 0 Å². The normalized spacial score (nSPS) is 22.2. The van der Waals surface area contributed by atoms with Crippen molar-refractivity contribution in [1.82, 2.24) is 0 Å². The molecule has 0 aliphatic heterocycles. The first-order valence-corrected chi connectivity index (χ1v) is 5.82. The summed E-state index contributed by atoms with van der Waals surface area (Å²) in [4.78, 5) is 0. The summed E-state index contributed by atoms with van der Waals surface area (Å²) >= 11 is 1.82. The maximum Gasteiger partial charge on any atom is 0.0565 e. The molecule has 3 heteroatoms. The summed E-state index contributed by atoms with van der Waals surface area (Å²) in [7, 11) is 0. The molecular formula is C9H19NOS. The van der Waals surface area contributed by atoms with Crippen LogP contribution >= 0.6 is 11.8 Å². The Labute approximate surface area is 78.9 Å². The maximum absolute atomic E-state index is 9.10. The van der Waals surface area contributed by atoms with Crippen LogP contribution in [0.15, 0.2) is 0 Å². The number of thioether (sulfide) groups is 1. The summed E-state index contributed by atoms with van der Waals surface area (Å²) in [5.74, 6) is 1.82. The lowest BCUT2D eigenvalue weighted by molar-refractivity contribution is 0.277. The fourth-order valence-electron chi connectivity index (χ4n) is 1.34. The van der Waals surface area contributed by atoms with E-state index in [0.717, 1.165) is 5.75 Å². The lowest BCUT2D eigenvalue weighted by Crippen LogP contribution is -2.37. The van der Waals surface area contributed by atoms with Gasteiger partial charge in [0.2, 0.25) is 0 Å². The van der Waals surface area contributed by atoms with Gasteiger partial charge in [0, 0.05) is 11.3 Å². The van der Waals surface area contributed by atoms with E-state index in [-0.39, 0.29) is 17.9 Å². The van der Waals surface area contributed by atoms with E-state index in [0.29, 0.717) is 5.92 Å². The van der Waals surface area contributed by atoms with E-state index in [1.807, 2.05) is 11.8 Å². The van der Waals surface area contributed by atoms with E-state index in [2.05, 4.69) is 6.92 Å². The molecule has 12 heavy (non-hydrogen) atoms. The average molecular weight is 189 g/mol. The molecule has 0 aromatic rings. The van der Waals surface area contributed by atoms with Crippen molar-refractivity contribution in [2.75, 3.05) is 12.4 Å². The molecule has 0 heterocycles. The summed E-state index contributed by atoms with van der Waals surface area (Å²) < 4.78 is 0. The minimum absolute atomic E-state index is 0.228. The zero-order valence-corrected chi connectivity index (χ0v) is 8.52. The van der Waals surface area contributed by atoms with Gasteiger partial charge < -0.3 is 10.8 Å². The average Bonchev–Trinajstić information content (AvgIpc) is 2.88. The van der Waals surface area contributed by atoms with E-state index in [9.17, 15) is 0 Å². The molecule has 72 valence electrons. The Balaban J connectivity index is 2.22. The number of rotatable bonds is 6. The molecule has 0 aromatic carbocycles. The zero-order valence-electron chi connectivity index (χ0n) is 7.70. The van der Waals surface area contributed by atoms with E-state index in [1.165, 1.54) is 19.3 Å². The van der Waals surface area contributed by atoms with Crippen molar-refractivity contribution < 1.29 is 5.11 Å². The van der Waals surface area contributed by atoms with Crippen LogP contribution in [0.3, 0.4) is 0 Å². The Morgan fingerprint density at radius 3 is 2.67 bits per heavy atom. The number of nitrogens with two attached hydrogens (primary N) is 1. The highest BCUT2D eigenvalue weighted by atomic mass is 32.2. The van der Waals surface area contributed by atoms with Crippen LogP contribution in [0.25, 0.3) is 0 Å². The van der Waals surface area contributed by atoms with Gasteiger partial charge in [-0.3, -0.25) is 0 Å². The molecule has 2 nitrogen and oxygen atoms in total. The Morgan fingerprint density at radius 1 is 1.58 bits per heavy atom. The molecule has 2 atom stereocenters. The molecule has 0 radical (unpaired) electrons. The second-order valence-electron chi connectivity index (χ2n) is 3.51. The molecule has 3 N–H and O–H groups in total. The zero-order chi connectivity index (χ0) is 8.97. The number of aliphatic hydroxyl groups excluding tert-OH is 1. The van der Waals surface area contributed by atoms with Crippen molar-refractivity contribution in [3.63, 3.8) is 0 Å².